The number of aliphatic hydroxyl groups is 1. The molecular weight excluding hydrogens is 349 g/mol. The molecule has 0 saturated carbocycles. The molecule has 5 nitrogen and oxygen atoms in total. The molecule has 0 aromatic heterocycles. The van der Waals surface area contributed by atoms with Crippen LogP contribution in [0.4, 0.5) is 18.9 Å². The van der Waals surface area contributed by atoms with Gasteiger partial charge in [0.1, 0.15) is 0 Å². The highest BCUT2D eigenvalue weighted by Crippen LogP contribution is 2.38. The number of fused-ring (bicyclic) bond motifs is 1. The zero-order chi connectivity index (χ0) is 19.1. The average Bonchev–Trinajstić information content (AvgIpc) is 2.56. The van der Waals surface area contributed by atoms with Crippen molar-refractivity contribution in [1.29, 1.82) is 0 Å². The lowest BCUT2D eigenvalue weighted by Crippen LogP contribution is -2.33. The van der Waals surface area contributed by atoms with Crippen LogP contribution in [0.25, 0.3) is 0 Å². The van der Waals surface area contributed by atoms with E-state index in [-0.39, 0.29) is 18.0 Å². The number of rotatable bonds is 3. The lowest BCUT2D eigenvalue weighted by molar-refractivity contribution is -0.138. The summed E-state index contributed by atoms with van der Waals surface area (Å²) in [7, 11) is 0. The van der Waals surface area contributed by atoms with Crippen LogP contribution in [0.15, 0.2) is 47.6 Å². The third kappa shape index (κ3) is 3.35. The molecule has 1 aliphatic heterocycles. The van der Waals surface area contributed by atoms with Gasteiger partial charge < -0.3 is 10.2 Å². The third-order valence-corrected chi connectivity index (χ3v) is 4.11. The van der Waals surface area contributed by atoms with Crippen LogP contribution < -0.4 is 5.01 Å². The van der Waals surface area contributed by atoms with Crippen LogP contribution in [0.3, 0.4) is 0 Å². The molecule has 0 saturated heterocycles. The molecule has 0 aliphatic carbocycles. The van der Waals surface area contributed by atoms with Crippen LogP contribution >= 0.6 is 0 Å². The number of aliphatic hydroxyl groups excluding tert-OH is 1. The van der Waals surface area contributed by atoms with Gasteiger partial charge in [-0.2, -0.15) is 13.2 Å². The summed E-state index contributed by atoms with van der Waals surface area (Å²) in [5.41, 5.74) is 0.860. The van der Waals surface area contributed by atoms with Crippen molar-refractivity contribution in [3.8, 4) is 0 Å². The Balaban J connectivity index is 2.14. The molecule has 0 bridgehead atoms. The van der Waals surface area contributed by atoms with Crippen LogP contribution in [0, 0.1) is 6.92 Å². The first kappa shape index (κ1) is 17.8. The van der Waals surface area contributed by atoms with Crippen molar-refractivity contribution in [3.05, 3.63) is 64.7 Å². The number of carbonyl (C=O) groups is 1. The van der Waals surface area contributed by atoms with E-state index in [4.69, 9.17) is 0 Å². The SMILES string of the molecule is Cc1ccc2c(c1)C(CC(=O)O)N(c1cccc(C(F)(F)F)c1)N=C2O. The largest absolute Gasteiger partial charge is 0.492 e. The van der Waals surface area contributed by atoms with Crippen molar-refractivity contribution in [2.24, 2.45) is 5.10 Å². The van der Waals surface area contributed by atoms with E-state index in [0.717, 1.165) is 22.7 Å². The number of alkyl halides is 3. The summed E-state index contributed by atoms with van der Waals surface area (Å²) < 4.78 is 39.0. The summed E-state index contributed by atoms with van der Waals surface area (Å²) in [4.78, 5) is 11.3. The Morgan fingerprint density at radius 3 is 2.62 bits per heavy atom. The second kappa shape index (κ2) is 6.36. The second-order valence-electron chi connectivity index (χ2n) is 6.02. The molecule has 1 aliphatic rings. The Kier molecular flexibility index (Phi) is 4.35. The minimum absolute atomic E-state index is 0.0461. The summed E-state index contributed by atoms with van der Waals surface area (Å²) in [6.07, 6.45) is -4.93. The van der Waals surface area contributed by atoms with Crippen molar-refractivity contribution in [2.75, 3.05) is 5.01 Å². The molecule has 1 atom stereocenters. The fourth-order valence-corrected chi connectivity index (χ4v) is 2.94. The van der Waals surface area contributed by atoms with E-state index in [2.05, 4.69) is 5.10 Å². The third-order valence-electron chi connectivity index (χ3n) is 4.11. The number of aryl methyl sites for hydroxylation is 1. The lowest BCUT2D eigenvalue weighted by Gasteiger charge is -2.33. The van der Waals surface area contributed by atoms with Crippen molar-refractivity contribution in [3.63, 3.8) is 0 Å². The molecular formula is C18H15F3N2O3. The van der Waals surface area contributed by atoms with E-state index in [1.54, 1.807) is 25.1 Å². The number of nitrogens with zero attached hydrogens (tertiary/aromatic N) is 2. The molecule has 0 amide bonds. The number of hydrogen-bond donors (Lipinski definition) is 2. The topological polar surface area (TPSA) is 73.1 Å². The maximum atomic E-state index is 13.0. The molecule has 2 N–H and O–H groups in total. The molecule has 1 unspecified atom stereocenters. The van der Waals surface area contributed by atoms with Gasteiger partial charge in [0.05, 0.1) is 23.7 Å². The quantitative estimate of drug-likeness (QED) is 0.853. The zero-order valence-electron chi connectivity index (χ0n) is 13.7. The van der Waals surface area contributed by atoms with Crippen LogP contribution in [-0.2, 0) is 11.0 Å². The molecule has 0 radical (unpaired) electrons. The first-order chi connectivity index (χ1) is 12.2. The van der Waals surface area contributed by atoms with Gasteiger partial charge in [-0.15, -0.1) is 5.10 Å². The second-order valence-corrected chi connectivity index (χ2v) is 6.02. The van der Waals surface area contributed by atoms with Gasteiger partial charge in [0.15, 0.2) is 0 Å². The number of halogens is 3. The lowest BCUT2D eigenvalue weighted by atomic mass is 9.93. The van der Waals surface area contributed by atoms with Crippen molar-refractivity contribution in [1.82, 2.24) is 0 Å². The highest BCUT2D eigenvalue weighted by atomic mass is 19.4. The Hall–Kier alpha value is -3.03. The van der Waals surface area contributed by atoms with Crippen molar-refractivity contribution in [2.45, 2.75) is 25.6 Å². The van der Waals surface area contributed by atoms with E-state index >= 15 is 0 Å². The summed E-state index contributed by atoms with van der Waals surface area (Å²) >= 11 is 0. The first-order valence-electron chi connectivity index (χ1n) is 7.73. The number of hydrazone groups is 1. The molecule has 3 rings (SSSR count). The van der Waals surface area contributed by atoms with Gasteiger partial charge in [0.25, 0.3) is 0 Å². The van der Waals surface area contributed by atoms with Crippen molar-refractivity contribution < 1.29 is 28.2 Å². The van der Waals surface area contributed by atoms with Crippen LogP contribution in [0.1, 0.15) is 34.7 Å². The van der Waals surface area contributed by atoms with E-state index in [0.29, 0.717) is 11.1 Å². The molecule has 2 aromatic carbocycles. The Morgan fingerprint density at radius 2 is 1.96 bits per heavy atom. The Bertz CT molecular complexity index is 893. The standard InChI is InChI=1S/C18H15F3N2O3/c1-10-5-6-13-14(7-10)15(9-16(24)25)23(22-17(13)26)12-4-2-3-11(8-12)18(19,20)21/h2-8,15H,9H2,1H3,(H,22,26)(H,24,25). The van der Waals surface area contributed by atoms with Gasteiger partial charge in [-0.05, 0) is 36.8 Å². The first-order valence-corrected chi connectivity index (χ1v) is 7.73. The fourth-order valence-electron chi connectivity index (χ4n) is 2.94. The van der Waals surface area contributed by atoms with E-state index in [1.165, 1.54) is 12.1 Å². The number of carboxylic acids is 1. The maximum Gasteiger partial charge on any atom is 0.416 e. The summed E-state index contributed by atoms with van der Waals surface area (Å²) in [5, 5.41) is 24.5. The predicted molar refractivity (Wildman–Crippen MR) is 89.3 cm³/mol. The number of hydrogen-bond acceptors (Lipinski definition) is 3. The molecule has 2 aromatic rings. The smallest absolute Gasteiger partial charge is 0.416 e. The predicted octanol–water partition coefficient (Wildman–Crippen LogP) is 4.27. The minimum atomic E-state index is -4.55. The molecule has 136 valence electrons. The van der Waals surface area contributed by atoms with Crippen LogP contribution in [0.2, 0.25) is 0 Å². The average molecular weight is 364 g/mol. The van der Waals surface area contributed by atoms with E-state index < -0.39 is 23.8 Å². The molecule has 0 spiro atoms. The normalized spacial score (nSPS) is 16.8. The van der Waals surface area contributed by atoms with Gasteiger partial charge in [-0.3, -0.25) is 9.80 Å². The molecule has 0 fully saturated rings. The Labute approximate surface area is 147 Å². The van der Waals surface area contributed by atoms with Gasteiger partial charge in [-0.25, -0.2) is 0 Å². The number of aliphatic carboxylic acids is 1. The monoisotopic (exact) mass is 364 g/mol. The molecule has 8 heteroatoms. The highest BCUT2D eigenvalue weighted by molar-refractivity contribution is 5.96. The summed E-state index contributed by atoms with van der Waals surface area (Å²) in [5.74, 6) is -1.50. The number of anilines is 1. The van der Waals surface area contributed by atoms with Gasteiger partial charge >= 0.3 is 12.1 Å². The minimum Gasteiger partial charge on any atom is -0.492 e. The fraction of sp³-hybridized carbons (Fsp3) is 0.222. The highest BCUT2D eigenvalue weighted by Gasteiger charge is 2.34. The van der Waals surface area contributed by atoms with Gasteiger partial charge in [0, 0.05) is 5.56 Å². The van der Waals surface area contributed by atoms with Crippen LogP contribution in [0.5, 0.6) is 0 Å². The molecule has 1 heterocycles. The van der Waals surface area contributed by atoms with E-state index in [1.807, 2.05) is 0 Å². The number of carboxylic acid groups (broad SMARTS) is 1. The van der Waals surface area contributed by atoms with Gasteiger partial charge in [-0.1, -0.05) is 23.8 Å². The molecule has 26 heavy (non-hydrogen) atoms. The van der Waals surface area contributed by atoms with Crippen LogP contribution in [-0.4, -0.2) is 22.1 Å². The van der Waals surface area contributed by atoms with E-state index in [9.17, 15) is 28.2 Å². The summed E-state index contributed by atoms with van der Waals surface area (Å²) in [6.45, 7) is 1.80. The summed E-state index contributed by atoms with van der Waals surface area (Å²) in [6, 6.07) is 8.62. The van der Waals surface area contributed by atoms with Crippen molar-refractivity contribution >= 4 is 17.6 Å². The van der Waals surface area contributed by atoms with Gasteiger partial charge in [0.2, 0.25) is 5.90 Å². The Morgan fingerprint density at radius 1 is 1.23 bits per heavy atom. The zero-order valence-corrected chi connectivity index (χ0v) is 13.7. The maximum absolute atomic E-state index is 13.0. The number of benzene rings is 2.